The first-order valence-electron chi connectivity index (χ1n) is 2.02. The van der Waals surface area contributed by atoms with Crippen molar-refractivity contribution in [3.05, 3.63) is 0 Å². The van der Waals surface area contributed by atoms with Crippen LogP contribution < -0.4 is 0 Å². The maximum absolute atomic E-state index is 9.55. The molecule has 0 saturated carbocycles. The fraction of sp³-hybridized carbons (Fsp3) is 0.400. The molecule has 0 atom stereocenters. The van der Waals surface area contributed by atoms with E-state index in [0.29, 0.717) is 6.29 Å². The molecule has 0 aromatic carbocycles. The van der Waals surface area contributed by atoms with Gasteiger partial charge in [-0.1, -0.05) is 13.1 Å². The van der Waals surface area contributed by atoms with E-state index in [0.717, 1.165) is 0 Å². The van der Waals surface area contributed by atoms with E-state index in [1.54, 1.807) is 0 Å². The van der Waals surface area contributed by atoms with E-state index < -0.39 is 8.80 Å². The maximum Gasteiger partial charge on any atom is 0.192 e. The van der Waals surface area contributed by atoms with Crippen LogP contribution in [-0.4, -0.2) is 15.1 Å². The van der Waals surface area contributed by atoms with E-state index in [-0.39, 0.29) is 0 Å². The van der Waals surface area contributed by atoms with Crippen molar-refractivity contribution in [2.45, 2.75) is 13.1 Å². The van der Waals surface area contributed by atoms with Gasteiger partial charge in [-0.3, -0.25) is 4.79 Å². The van der Waals surface area contributed by atoms with Gasteiger partial charge < -0.3 is 0 Å². The standard InChI is InChI=1S/C5H7OSi/c1-7(2)5-3-4-6/h4H,1-2H3. The molecule has 1 nitrogen and oxygen atoms in total. The van der Waals surface area contributed by atoms with Gasteiger partial charge in [0.1, 0.15) is 8.80 Å². The molecule has 0 N–H and O–H groups in total. The molecule has 0 heterocycles. The summed E-state index contributed by atoms with van der Waals surface area (Å²) in [4.78, 5) is 9.55. The summed E-state index contributed by atoms with van der Waals surface area (Å²) in [6.45, 7) is 4.09. The molecule has 0 unspecified atom stereocenters. The number of aldehydes is 1. The molecule has 1 radical (unpaired) electrons. The Morgan fingerprint density at radius 1 is 1.57 bits per heavy atom. The Morgan fingerprint density at radius 3 is 2.29 bits per heavy atom. The minimum absolute atomic E-state index is 0.490. The highest BCUT2D eigenvalue weighted by Gasteiger charge is 1.82. The van der Waals surface area contributed by atoms with Gasteiger partial charge in [-0.15, -0.1) is 5.54 Å². The third-order valence-electron chi connectivity index (χ3n) is 0.381. The van der Waals surface area contributed by atoms with Gasteiger partial charge in [0.25, 0.3) is 0 Å². The number of hydrogen-bond donors (Lipinski definition) is 0. The molecule has 7 heavy (non-hydrogen) atoms. The first-order valence-corrected chi connectivity index (χ1v) is 4.52. The van der Waals surface area contributed by atoms with Gasteiger partial charge in [-0.05, 0) is 5.92 Å². The van der Waals surface area contributed by atoms with E-state index in [9.17, 15) is 4.79 Å². The smallest absolute Gasteiger partial charge is 0.192 e. The first-order chi connectivity index (χ1) is 3.27. The third-order valence-corrected chi connectivity index (χ3v) is 1.03. The summed E-state index contributed by atoms with van der Waals surface area (Å²) >= 11 is 0. The lowest BCUT2D eigenvalue weighted by Gasteiger charge is -1.77. The van der Waals surface area contributed by atoms with E-state index in [1.807, 2.05) is 13.1 Å². The number of rotatable bonds is 0. The highest BCUT2D eigenvalue weighted by atomic mass is 28.3. The Labute approximate surface area is 45.3 Å². The van der Waals surface area contributed by atoms with Crippen molar-refractivity contribution < 1.29 is 4.79 Å². The predicted molar refractivity (Wildman–Crippen MR) is 31.3 cm³/mol. The van der Waals surface area contributed by atoms with E-state index in [2.05, 4.69) is 11.5 Å². The summed E-state index contributed by atoms with van der Waals surface area (Å²) in [5.74, 6) is 2.36. The predicted octanol–water partition coefficient (Wildman–Crippen LogP) is 0.482. The Morgan fingerprint density at radius 2 is 2.14 bits per heavy atom. The SMILES string of the molecule is C[Si](C)C#CC=O. The lowest BCUT2D eigenvalue weighted by atomic mass is 10.8. The van der Waals surface area contributed by atoms with Crippen LogP contribution in [0.15, 0.2) is 0 Å². The summed E-state index contributed by atoms with van der Waals surface area (Å²) < 4.78 is 0. The zero-order chi connectivity index (χ0) is 5.70. The Hall–Kier alpha value is -0.553. The second-order valence-corrected chi connectivity index (χ2v) is 3.64. The Bertz CT molecular complexity index is 107. The largest absolute Gasteiger partial charge is 0.289 e. The van der Waals surface area contributed by atoms with Crippen LogP contribution in [0.2, 0.25) is 13.1 Å². The number of carbonyl (C=O) groups is 1. The molecule has 37 valence electrons. The first kappa shape index (κ1) is 6.45. The topological polar surface area (TPSA) is 17.1 Å². The second kappa shape index (κ2) is 3.63. The zero-order valence-electron chi connectivity index (χ0n) is 4.49. The molecular formula is C5H7OSi. The van der Waals surface area contributed by atoms with Crippen LogP contribution in [0.25, 0.3) is 0 Å². The molecule has 0 spiro atoms. The fourth-order valence-corrected chi connectivity index (χ4v) is 0.521. The summed E-state index contributed by atoms with van der Waals surface area (Å²) in [6, 6.07) is 0. The minimum Gasteiger partial charge on any atom is -0.289 e. The Balaban J connectivity index is 3.43. The summed E-state index contributed by atoms with van der Waals surface area (Å²) in [5.41, 5.74) is 2.78. The molecule has 0 saturated heterocycles. The summed E-state index contributed by atoms with van der Waals surface area (Å²) in [5, 5.41) is 0. The monoisotopic (exact) mass is 111 g/mol. The maximum atomic E-state index is 9.55. The fourth-order valence-electron chi connectivity index (χ4n) is 0.174. The van der Waals surface area contributed by atoms with Crippen molar-refractivity contribution in [1.82, 2.24) is 0 Å². The third kappa shape index (κ3) is 5.45. The summed E-state index contributed by atoms with van der Waals surface area (Å²) in [7, 11) is -0.490. The van der Waals surface area contributed by atoms with Crippen molar-refractivity contribution in [3.63, 3.8) is 0 Å². The highest BCUT2D eigenvalue weighted by Crippen LogP contribution is 1.70. The molecule has 0 fully saturated rings. The van der Waals surface area contributed by atoms with E-state index in [4.69, 9.17) is 0 Å². The molecule has 0 rings (SSSR count). The number of hydrogen-bond acceptors (Lipinski definition) is 1. The second-order valence-electron chi connectivity index (χ2n) is 1.39. The van der Waals surface area contributed by atoms with Gasteiger partial charge in [0.15, 0.2) is 6.29 Å². The summed E-state index contributed by atoms with van der Waals surface area (Å²) in [6.07, 6.45) is 0.637. The Kier molecular flexibility index (Phi) is 3.34. The minimum atomic E-state index is -0.490. The van der Waals surface area contributed by atoms with Crippen LogP contribution in [0.5, 0.6) is 0 Å². The van der Waals surface area contributed by atoms with Crippen molar-refractivity contribution >= 4 is 15.1 Å². The van der Waals surface area contributed by atoms with Crippen LogP contribution >= 0.6 is 0 Å². The van der Waals surface area contributed by atoms with Crippen LogP contribution in [0.4, 0.5) is 0 Å². The van der Waals surface area contributed by atoms with E-state index in [1.165, 1.54) is 0 Å². The van der Waals surface area contributed by atoms with Crippen LogP contribution in [0.3, 0.4) is 0 Å². The molecular weight excluding hydrogens is 104 g/mol. The molecule has 2 heteroatoms. The van der Waals surface area contributed by atoms with Gasteiger partial charge in [-0.2, -0.15) is 0 Å². The van der Waals surface area contributed by atoms with Crippen molar-refractivity contribution in [1.29, 1.82) is 0 Å². The van der Waals surface area contributed by atoms with Crippen LogP contribution in [0.1, 0.15) is 0 Å². The van der Waals surface area contributed by atoms with Gasteiger partial charge in [-0.25, -0.2) is 0 Å². The molecule has 0 aliphatic heterocycles. The quantitative estimate of drug-likeness (QED) is 0.252. The van der Waals surface area contributed by atoms with Crippen LogP contribution in [-0.2, 0) is 4.79 Å². The van der Waals surface area contributed by atoms with Gasteiger partial charge in [0, 0.05) is 0 Å². The average Bonchev–Trinajstić information content (AvgIpc) is 1.61. The lowest BCUT2D eigenvalue weighted by Crippen LogP contribution is -1.92. The normalized spacial score (nSPS) is 7.29. The van der Waals surface area contributed by atoms with E-state index >= 15 is 0 Å². The van der Waals surface area contributed by atoms with Gasteiger partial charge >= 0.3 is 0 Å². The molecule has 0 aromatic rings. The molecule has 0 bridgehead atoms. The van der Waals surface area contributed by atoms with Crippen molar-refractivity contribution in [2.24, 2.45) is 0 Å². The average molecular weight is 111 g/mol. The molecule has 0 aliphatic rings. The number of carbonyl (C=O) groups excluding carboxylic acids is 1. The van der Waals surface area contributed by atoms with Gasteiger partial charge in [0.2, 0.25) is 0 Å². The molecule has 0 amide bonds. The molecule has 0 aromatic heterocycles. The van der Waals surface area contributed by atoms with Crippen molar-refractivity contribution in [2.75, 3.05) is 0 Å². The zero-order valence-corrected chi connectivity index (χ0v) is 5.49. The van der Waals surface area contributed by atoms with Crippen molar-refractivity contribution in [3.8, 4) is 11.5 Å². The highest BCUT2D eigenvalue weighted by molar-refractivity contribution is 6.65. The molecule has 0 aliphatic carbocycles. The lowest BCUT2D eigenvalue weighted by molar-refractivity contribution is -0.103. The van der Waals surface area contributed by atoms with Gasteiger partial charge in [0.05, 0.1) is 0 Å². The van der Waals surface area contributed by atoms with Crippen LogP contribution in [0, 0.1) is 11.5 Å².